The molecule has 1 aromatic rings. The maximum atomic E-state index is 13.5. The van der Waals surface area contributed by atoms with E-state index in [9.17, 15) is 14.0 Å². The van der Waals surface area contributed by atoms with E-state index in [0.29, 0.717) is 10.2 Å². The van der Waals surface area contributed by atoms with Crippen molar-refractivity contribution in [1.82, 2.24) is 5.32 Å². The molecular formula is C12H12BrFN2O2. The van der Waals surface area contributed by atoms with Gasteiger partial charge in [0.15, 0.2) is 0 Å². The minimum atomic E-state index is -0.591. The van der Waals surface area contributed by atoms with Gasteiger partial charge in [-0.15, -0.1) is 0 Å². The molecule has 0 spiro atoms. The predicted molar refractivity (Wildman–Crippen MR) is 68.7 cm³/mol. The molecule has 1 N–H and O–H groups in total. The van der Waals surface area contributed by atoms with Crippen LogP contribution in [0.2, 0.25) is 0 Å². The Kier molecular flexibility index (Phi) is 3.65. The zero-order valence-electron chi connectivity index (χ0n) is 9.74. The molecule has 4 nitrogen and oxygen atoms in total. The Morgan fingerprint density at radius 3 is 2.83 bits per heavy atom. The lowest BCUT2D eigenvalue weighted by molar-refractivity contribution is -0.125. The molecule has 0 radical (unpaired) electrons. The minimum Gasteiger partial charge on any atom is -0.345 e. The predicted octanol–water partition coefficient (Wildman–Crippen LogP) is 1.83. The molecule has 1 heterocycles. The van der Waals surface area contributed by atoms with Gasteiger partial charge in [-0.25, -0.2) is 4.39 Å². The lowest BCUT2D eigenvalue weighted by atomic mass is 10.2. The van der Waals surface area contributed by atoms with Crippen LogP contribution in [0.15, 0.2) is 22.7 Å². The molecule has 2 amide bonds. The molecule has 1 aromatic carbocycles. The number of rotatable bonds is 1. The highest BCUT2D eigenvalue weighted by Gasteiger charge is 2.27. The van der Waals surface area contributed by atoms with Crippen LogP contribution in [0, 0.1) is 5.82 Å². The molecule has 1 aliphatic heterocycles. The summed E-state index contributed by atoms with van der Waals surface area (Å²) in [4.78, 5) is 24.9. The van der Waals surface area contributed by atoms with Gasteiger partial charge >= 0.3 is 0 Å². The summed E-state index contributed by atoms with van der Waals surface area (Å²) in [6.07, 6.45) is 0.216. The largest absolute Gasteiger partial charge is 0.345 e. The zero-order valence-corrected chi connectivity index (χ0v) is 11.3. The van der Waals surface area contributed by atoms with Gasteiger partial charge in [-0.3, -0.25) is 9.59 Å². The summed E-state index contributed by atoms with van der Waals surface area (Å²) in [5, 5.41) is 2.58. The Balaban J connectivity index is 2.33. The summed E-state index contributed by atoms with van der Waals surface area (Å²) in [6, 6.07) is 3.88. The molecule has 1 saturated heterocycles. The van der Waals surface area contributed by atoms with E-state index < -0.39 is 11.9 Å². The average molecular weight is 315 g/mol. The SMILES string of the molecule is CC1NC(=O)CCN(c2ccc(Br)c(F)c2)C1=O. The third kappa shape index (κ3) is 2.53. The van der Waals surface area contributed by atoms with Crippen LogP contribution in [0.3, 0.4) is 0 Å². The van der Waals surface area contributed by atoms with Crippen LogP contribution in [0.4, 0.5) is 10.1 Å². The summed E-state index contributed by atoms with van der Waals surface area (Å²) in [7, 11) is 0. The highest BCUT2D eigenvalue weighted by Crippen LogP contribution is 2.23. The molecule has 2 rings (SSSR count). The summed E-state index contributed by atoms with van der Waals surface area (Å²) >= 11 is 3.06. The summed E-state index contributed by atoms with van der Waals surface area (Å²) in [5.74, 6) is -0.838. The van der Waals surface area contributed by atoms with Crippen LogP contribution in [0.5, 0.6) is 0 Å². The van der Waals surface area contributed by atoms with E-state index in [4.69, 9.17) is 0 Å². The number of amides is 2. The smallest absolute Gasteiger partial charge is 0.249 e. The number of hydrogen-bond acceptors (Lipinski definition) is 2. The average Bonchev–Trinajstić information content (AvgIpc) is 2.44. The number of benzene rings is 1. The third-order valence-electron chi connectivity index (χ3n) is 2.79. The van der Waals surface area contributed by atoms with Crippen molar-refractivity contribution in [3.05, 3.63) is 28.5 Å². The molecule has 6 heteroatoms. The molecular weight excluding hydrogens is 303 g/mol. The Morgan fingerprint density at radius 1 is 1.44 bits per heavy atom. The maximum Gasteiger partial charge on any atom is 0.249 e. The molecule has 0 aliphatic carbocycles. The van der Waals surface area contributed by atoms with Gasteiger partial charge in [0, 0.05) is 18.7 Å². The summed E-state index contributed by atoms with van der Waals surface area (Å²) < 4.78 is 13.8. The number of nitrogens with one attached hydrogen (secondary N) is 1. The first-order chi connectivity index (χ1) is 8.49. The Labute approximate surface area is 112 Å². The van der Waals surface area contributed by atoms with Crippen molar-refractivity contribution in [2.24, 2.45) is 0 Å². The first-order valence-corrected chi connectivity index (χ1v) is 6.34. The van der Waals surface area contributed by atoms with Gasteiger partial charge < -0.3 is 10.2 Å². The lowest BCUT2D eigenvalue weighted by Crippen LogP contribution is -2.42. The second kappa shape index (κ2) is 5.06. The standard InChI is InChI=1S/C12H12BrFN2O2/c1-7-12(18)16(5-4-11(17)15-7)8-2-3-9(13)10(14)6-8/h2-3,6-7H,4-5H2,1H3,(H,15,17). The molecule has 96 valence electrons. The Hall–Kier alpha value is -1.43. The van der Waals surface area contributed by atoms with Crippen molar-refractivity contribution in [3.63, 3.8) is 0 Å². The quantitative estimate of drug-likeness (QED) is 0.859. The maximum absolute atomic E-state index is 13.5. The fourth-order valence-electron chi connectivity index (χ4n) is 1.84. The van der Waals surface area contributed by atoms with Crippen LogP contribution >= 0.6 is 15.9 Å². The topological polar surface area (TPSA) is 49.4 Å². The van der Waals surface area contributed by atoms with Crippen molar-refractivity contribution < 1.29 is 14.0 Å². The van der Waals surface area contributed by atoms with E-state index in [1.54, 1.807) is 19.1 Å². The van der Waals surface area contributed by atoms with Crippen molar-refractivity contribution in [1.29, 1.82) is 0 Å². The van der Waals surface area contributed by atoms with Crippen molar-refractivity contribution >= 4 is 33.4 Å². The lowest BCUT2D eigenvalue weighted by Gasteiger charge is -2.22. The molecule has 1 fully saturated rings. The van der Waals surface area contributed by atoms with Gasteiger partial charge in [0.2, 0.25) is 11.8 Å². The highest BCUT2D eigenvalue weighted by molar-refractivity contribution is 9.10. The van der Waals surface area contributed by atoms with Gasteiger partial charge in [-0.2, -0.15) is 0 Å². The van der Waals surface area contributed by atoms with E-state index in [1.165, 1.54) is 11.0 Å². The normalized spacial score (nSPS) is 20.6. The zero-order chi connectivity index (χ0) is 13.3. The van der Waals surface area contributed by atoms with Crippen molar-refractivity contribution in [2.45, 2.75) is 19.4 Å². The number of carbonyl (C=O) groups is 2. The van der Waals surface area contributed by atoms with Gasteiger partial charge in [0.25, 0.3) is 0 Å². The Bertz CT molecular complexity index is 507. The third-order valence-corrected chi connectivity index (χ3v) is 3.43. The van der Waals surface area contributed by atoms with Crippen molar-refractivity contribution in [3.8, 4) is 0 Å². The molecule has 18 heavy (non-hydrogen) atoms. The summed E-state index contributed by atoms with van der Waals surface area (Å²) in [6.45, 7) is 1.88. The molecule has 1 unspecified atom stereocenters. The molecule has 0 saturated carbocycles. The molecule has 0 aromatic heterocycles. The van der Waals surface area contributed by atoms with E-state index >= 15 is 0 Å². The van der Waals surface area contributed by atoms with E-state index in [-0.39, 0.29) is 24.8 Å². The van der Waals surface area contributed by atoms with Crippen LogP contribution in [-0.2, 0) is 9.59 Å². The van der Waals surface area contributed by atoms with E-state index in [1.807, 2.05) is 0 Å². The number of hydrogen-bond donors (Lipinski definition) is 1. The minimum absolute atomic E-state index is 0.170. The van der Waals surface area contributed by atoms with Crippen LogP contribution in [0.25, 0.3) is 0 Å². The van der Waals surface area contributed by atoms with Crippen LogP contribution < -0.4 is 10.2 Å². The fourth-order valence-corrected chi connectivity index (χ4v) is 2.09. The first-order valence-electron chi connectivity index (χ1n) is 5.55. The molecule has 1 atom stereocenters. The Morgan fingerprint density at radius 2 is 2.17 bits per heavy atom. The second-order valence-electron chi connectivity index (χ2n) is 4.13. The van der Waals surface area contributed by atoms with Crippen LogP contribution in [-0.4, -0.2) is 24.4 Å². The van der Waals surface area contributed by atoms with E-state index in [2.05, 4.69) is 21.2 Å². The van der Waals surface area contributed by atoms with Crippen LogP contribution in [0.1, 0.15) is 13.3 Å². The van der Waals surface area contributed by atoms with Crippen molar-refractivity contribution in [2.75, 3.05) is 11.4 Å². The number of nitrogens with zero attached hydrogens (tertiary/aromatic N) is 1. The van der Waals surface area contributed by atoms with Gasteiger partial charge in [-0.05, 0) is 41.1 Å². The highest BCUT2D eigenvalue weighted by atomic mass is 79.9. The van der Waals surface area contributed by atoms with Gasteiger partial charge in [0.1, 0.15) is 11.9 Å². The summed E-state index contributed by atoms with van der Waals surface area (Å²) in [5.41, 5.74) is 0.462. The molecule has 0 bridgehead atoms. The number of carbonyl (C=O) groups excluding carboxylic acids is 2. The fraction of sp³-hybridized carbons (Fsp3) is 0.333. The molecule has 1 aliphatic rings. The van der Waals surface area contributed by atoms with Gasteiger partial charge in [-0.1, -0.05) is 0 Å². The number of anilines is 1. The monoisotopic (exact) mass is 314 g/mol. The van der Waals surface area contributed by atoms with Gasteiger partial charge in [0.05, 0.1) is 4.47 Å². The second-order valence-corrected chi connectivity index (χ2v) is 4.98. The first kappa shape index (κ1) is 13.0. The van der Waals surface area contributed by atoms with E-state index in [0.717, 1.165) is 0 Å². The number of halogens is 2.